The van der Waals surface area contributed by atoms with Gasteiger partial charge < -0.3 is 10.7 Å². The summed E-state index contributed by atoms with van der Waals surface area (Å²) in [5.41, 5.74) is 8.27. The van der Waals surface area contributed by atoms with Gasteiger partial charge in [0.25, 0.3) is 0 Å². The van der Waals surface area contributed by atoms with Gasteiger partial charge in [-0.3, -0.25) is 0 Å². The largest absolute Gasteiger partial charge is 0.397 e. The third-order valence-electron chi connectivity index (χ3n) is 1.63. The van der Waals surface area contributed by atoms with E-state index >= 15 is 0 Å². The molecule has 13 heavy (non-hydrogen) atoms. The van der Waals surface area contributed by atoms with Crippen molar-refractivity contribution in [3.8, 4) is 0 Å². The first-order valence-corrected chi connectivity index (χ1v) is 4.46. The van der Waals surface area contributed by atoms with Gasteiger partial charge in [-0.15, -0.1) is 0 Å². The fourth-order valence-electron chi connectivity index (χ4n) is 1.17. The molecule has 0 aliphatic heterocycles. The van der Waals surface area contributed by atoms with Crippen molar-refractivity contribution in [2.24, 2.45) is 0 Å². The normalized spacial score (nSPS) is 9.46. The van der Waals surface area contributed by atoms with Crippen molar-refractivity contribution in [1.29, 1.82) is 0 Å². The van der Waals surface area contributed by atoms with E-state index in [4.69, 9.17) is 5.73 Å². The first kappa shape index (κ1) is 9.58. The second-order valence-electron chi connectivity index (χ2n) is 2.66. The minimum atomic E-state index is 0.705. The quantitative estimate of drug-likeness (QED) is 0.649. The lowest BCUT2D eigenvalue weighted by Crippen LogP contribution is -1.85. The van der Waals surface area contributed by atoms with Gasteiger partial charge in [-0.25, -0.2) is 4.98 Å². The van der Waals surface area contributed by atoms with Gasteiger partial charge in [0.05, 0.1) is 11.9 Å². The Kier molecular flexibility index (Phi) is 2.90. The molecule has 0 aromatic carbocycles. The Hall–Kier alpha value is -1.51. The molecule has 2 heterocycles. The number of nitrogen functional groups attached to an aromatic ring is 1. The molecule has 3 nitrogen and oxygen atoms in total. The molecule has 0 saturated heterocycles. The fraction of sp³-hybridized carbons (Fsp3) is 0.300. The van der Waals surface area contributed by atoms with Gasteiger partial charge in [0.15, 0.2) is 0 Å². The van der Waals surface area contributed by atoms with Crippen molar-refractivity contribution in [1.82, 2.24) is 9.97 Å². The molecule has 0 spiro atoms. The zero-order valence-corrected chi connectivity index (χ0v) is 8.26. The molecule has 3 N–H and O–H groups in total. The van der Waals surface area contributed by atoms with E-state index in [2.05, 4.69) is 9.97 Å². The van der Waals surface area contributed by atoms with Gasteiger partial charge in [0.2, 0.25) is 0 Å². The van der Waals surface area contributed by atoms with E-state index < -0.39 is 0 Å². The van der Waals surface area contributed by atoms with Crippen LogP contribution in [0, 0.1) is 6.92 Å². The van der Waals surface area contributed by atoms with Crippen LogP contribution in [0.25, 0.3) is 11.0 Å². The van der Waals surface area contributed by atoms with Crippen molar-refractivity contribution in [2.45, 2.75) is 20.8 Å². The van der Waals surface area contributed by atoms with Crippen LogP contribution < -0.4 is 5.73 Å². The number of nitrogens with one attached hydrogen (secondary N) is 1. The summed E-state index contributed by atoms with van der Waals surface area (Å²) in [5.74, 6) is 0. The van der Waals surface area contributed by atoms with E-state index in [0.29, 0.717) is 5.69 Å². The monoisotopic (exact) mass is 177 g/mol. The summed E-state index contributed by atoms with van der Waals surface area (Å²) in [6, 6.07) is 3.94. The summed E-state index contributed by atoms with van der Waals surface area (Å²) in [4.78, 5) is 7.24. The lowest BCUT2D eigenvalue weighted by molar-refractivity contribution is 1.25. The molecule has 2 rings (SSSR count). The van der Waals surface area contributed by atoms with Gasteiger partial charge >= 0.3 is 0 Å². The summed E-state index contributed by atoms with van der Waals surface area (Å²) < 4.78 is 0. The van der Waals surface area contributed by atoms with E-state index in [-0.39, 0.29) is 0 Å². The molecule has 0 aliphatic carbocycles. The molecule has 0 aliphatic rings. The van der Waals surface area contributed by atoms with Crippen molar-refractivity contribution in [2.75, 3.05) is 5.73 Å². The van der Waals surface area contributed by atoms with Crippen LogP contribution in [-0.2, 0) is 0 Å². The van der Waals surface area contributed by atoms with E-state index in [9.17, 15) is 0 Å². The number of pyridine rings is 1. The Morgan fingerprint density at radius 3 is 2.69 bits per heavy atom. The highest BCUT2D eigenvalue weighted by Crippen LogP contribution is 2.14. The van der Waals surface area contributed by atoms with Crippen LogP contribution in [-0.4, -0.2) is 9.97 Å². The Labute approximate surface area is 78.0 Å². The van der Waals surface area contributed by atoms with Crippen LogP contribution in [0.3, 0.4) is 0 Å². The van der Waals surface area contributed by atoms with E-state index in [1.807, 2.05) is 32.9 Å². The van der Waals surface area contributed by atoms with E-state index in [1.54, 1.807) is 6.20 Å². The van der Waals surface area contributed by atoms with Crippen LogP contribution >= 0.6 is 0 Å². The summed E-state index contributed by atoms with van der Waals surface area (Å²) in [6.45, 7) is 6.00. The molecule has 0 fully saturated rings. The number of rotatable bonds is 0. The second-order valence-corrected chi connectivity index (χ2v) is 2.66. The molecule has 0 unspecified atom stereocenters. The first-order valence-electron chi connectivity index (χ1n) is 4.46. The zero-order valence-electron chi connectivity index (χ0n) is 8.26. The number of nitrogens with zero attached hydrogens (tertiary/aromatic N) is 1. The van der Waals surface area contributed by atoms with Crippen molar-refractivity contribution >= 4 is 16.7 Å². The minimum absolute atomic E-state index is 0.705. The highest BCUT2D eigenvalue weighted by molar-refractivity contribution is 5.79. The van der Waals surface area contributed by atoms with Crippen LogP contribution in [0.4, 0.5) is 5.69 Å². The summed E-state index contributed by atoms with van der Waals surface area (Å²) >= 11 is 0. The number of anilines is 1. The molecule has 0 atom stereocenters. The molecule has 2 aromatic heterocycles. The summed E-state index contributed by atoms with van der Waals surface area (Å²) in [7, 11) is 0. The molecule has 0 amide bonds. The van der Waals surface area contributed by atoms with Gasteiger partial charge in [0, 0.05) is 11.1 Å². The van der Waals surface area contributed by atoms with Crippen molar-refractivity contribution < 1.29 is 0 Å². The lowest BCUT2D eigenvalue weighted by Gasteiger charge is -1.89. The van der Waals surface area contributed by atoms with Crippen LogP contribution in [0.15, 0.2) is 18.3 Å². The molecular formula is C10H15N3. The highest BCUT2D eigenvalue weighted by atomic mass is 14.9. The maximum Gasteiger partial charge on any atom is 0.137 e. The van der Waals surface area contributed by atoms with Crippen LogP contribution in [0.1, 0.15) is 19.5 Å². The number of H-pyrrole nitrogens is 1. The number of hydrogen-bond donors (Lipinski definition) is 2. The third kappa shape index (κ3) is 1.99. The second kappa shape index (κ2) is 3.94. The number of hydrogen-bond acceptors (Lipinski definition) is 2. The summed E-state index contributed by atoms with van der Waals surface area (Å²) in [5, 5.41) is 1.07. The maximum atomic E-state index is 5.56. The van der Waals surface area contributed by atoms with Gasteiger partial charge in [-0.2, -0.15) is 0 Å². The Morgan fingerprint density at radius 2 is 2.00 bits per heavy atom. The number of aromatic amines is 1. The smallest absolute Gasteiger partial charge is 0.137 e. The minimum Gasteiger partial charge on any atom is -0.397 e. The van der Waals surface area contributed by atoms with E-state index in [1.165, 1.54) is 0 Å². The van der Waals surface area contributed by atoms with Crippen molar-refractivity contribution in [3.63, 3.8) is 0 Å². The third-order valence-corrected chi connectivity index (χ3v) is 1.63. The summed E-state index contributed by atoms with van der Waals surface area (Å²) in [6.07, 6.45) is 1.65. The first-order chi connectivity index (χ1) is 6.25. The van der Waals surface area contributed by atoms with Gasteiger partial charge in [0.1, 0.15) is 5.65 Å². The topological polar surface area (TPSA) is 54.7 Å². The van der Waals surface area contributed by atoms with Crippen LogP contribution in [0.5, 0.6) is 0 Å². The zero-order chi connectivity index (χ0) is 9.84. The highest BCUT2D eigenvalue weighted by Gasteiger charge is 1.97. The molecule has 0 radical (unpaired) electrons. The molecular weight excluding hydrogens is 162 g/mol. The van der Waals surface area contributed by atoms with Crippen molar-refractivity contribution in [3.05, 3.63) is 24.0 Å². The Bertz CT molecular complexity index is 390. The number of fused-ring (bicyclic) bond motifs is 1. The van der Waals surface area contributed by atoms with Crippen LogP contribution in [0.2, 0.25) is 0 Å². The predicted octanol–water partition coefficient (Wildman–Crippen LogP) is 2.48. The molecule has 70 valence electrons. The average molecular weight is 177 g/mol. The molecule has 3 heteroatoms. The SMILES string of the molecule is CC.Cc1cc2cc(N)cnc2[nH]1. The number of aromatic nitrogens is 2. The standard InChI is InChI=1S/C8H9N3.C2H6/c1-5-2-6-3-7(9)4-10-8(6)11-5;1-2/h2-4H,9H2,1H3,(H,10,11);1-2H3. The average Bonchev–Trinajstić information content (AvgIpc) is 2.48. The molecule has 0 bridgehead atoms. The van der Waals surface area contributed by atoms with Gasteiger partial charge in [-0.05, 0) is 19.1 Å². The molecule has 2 aromatic rings. The van der Waals surface area contributed by atoms with Gasteiger partial charge in [-0.1, -0.05) is 13.8 Å². The number of nitrogens with two attached hydrogens (primary N) is 1. The fourth-order valence-corrected chi connectivity index (χ4v) is 1.17. The van der Waals surface area contributed by atoms with E-state index in [0.717, 1.165) is 16.7 Å². The Balaban J connectivity index is 0.000000396. The predicted molar refractivity (Wildman–Crippen MR) is 56.6 cm³/mol. The Morgan fingerprint density at radius 1 is 1.31 bits per heavy atom. The lowest BCUT2D eigenvalue weighted by atomic mass is 10.3. The molecule has 0 saturated carbocycles. The maximum absolute atomic E-state index is 5.56. The number of aryl methyl sites for hydroxylation is 1.